The molecule has 0 aliphatic rings. The molecule has 0 bridgehead atoms. The van der Waals surface area contributed by atoms with Crippen molar-refractivity contribution in [2.24, 2.45) is 0 Å². The van der Waals surface area contributed by atoms with Crippen LogP contribution in [0.15, 0.2) is 36.5 Å². The molecule has 1 N–H and O–H groups in total. The first-order valence-electron chi connectivity index (χ1n) is 7.14. The fraction of sp³-hybridized carbons (Fsp3) is 0.438. The number of nitrogens with one attached hydrogen (secondary N) is 1. The maximum Gasteiger partial charge on any atom is 0.261 e. The molecule has 0 fully saturated rings. The number of nitrogens with zero attached hydrogens (tertiary/aromatic N) is 1. The van der Waals surface area contributed by atoms with Crippen LogP contribution in [0.25, 0.3) is 10.9 Å². The number of hydrogen-bond acceptors (Lipinski definition) is 3. The van der Waals surface area contributed by atoms with Crippen molar-refractivity contribution in [3.63, 3.8) is 0 Å². The van der Waals surface area contributed by atoms with Crippen LogP contribution in [0.1, 0.15) is 24.9 Å². The van der Waals surface area contributed by atoms with Gasteiger partial charge >= 0.3 is 0 Å². The molecule has 114 valence electrons. The Kier molecular flexibility index (Phi) is 6.02. The van der Waals surface area contributed by atoms with E-state index in [1.54, 1.807) is 6.20 Å². The van der Waals surface area contributed by atoms with Crippen molar-refractivity contribution in [2.75, 3.05) is 19.8 Å². The van der Waals surface area contributed by atoms with Gasteiger partial charge in [-0.1, -0.05) is 19.1 Å². The molecule has 0 aliphatic carbocycles. The number of ether oxygens (including phenoxy) is 1. The van der Waals surface area contributed by atoms with E-state index in [4.69, 9.17) is 4.74 Å². The summed E-state index contributed by atoms with van der Waals surface area (Å²) in [5.74, 6) is 0. The van der Waals surface area contributed by atoms with Gasteiger partial charge in [-0.15, -0.1) is 0 Å². The van der Waals surface area contributed by atoms with Gasteiger partial charge in [0, 0.05) is 24.2 Å². The lowest BCUT2D eigenvalue weighted by atomic mass is 10.0. The number of aromatic nitrogens is 1. The minimum absolute atomic E-state index is 0.0947. The molecule has 1 aromatic heterocycles. The van der Waals surface area contributed by atoms with Gasteiger partial charge in [0.15, 0.2) is 0 Å². The van der Waals surface area contributed by atoms with E-state index in [0.29, 0.717) is 13.0 Å². The zero-order chi connectivity index (χ0) is 15.1. The first-order chi connectivity index (χ1) is 10.2. The average molecular weight is 294 g/mol. The topological polar surface area (TPSA) is 34.1 Å². The number of rotatable bonds is 8. The van der Waals surface area contributed by atoms with Gasteiger partial charge in [0.25, 0.3) is 6.43 Å². The van der Waals surface area contributed by atoms with Crippen LogP contribution in [0.5, 0.6) is 0 Å². The van der Waals surface area contributed by atoms with Crippen LogP contribution in [0.4, 0.5) is 8.78 Å². The minimum atomic E-state index is -2.41. The number of benzene rings is 1. The van der Waals surface area contributed by atoms with Gasteiger partial charge in [0.1, 0.15) is 6.61 Å². The van der Waals surface area contributed by atoms with E-state index in [1.807, 2.05) is 31.2 Å². The SMILES string of the molecule is CCNC(CCOCC(F)F)c1ccc2ncccc2c1. The van der Waals surface area contributed by atoms with Crippen LogP contribution < -0.4 is 5.32 Å². The summed E-state index contributed by atoms with van der Waals surface area (Å²) in [7, 11) is 0. The minimum Gasteiger partial charge on any atom is -0.375 e. The van der Waals surface area contributed by atoms with Gasteiger partial charge in [0.05, 0.1) is 5.52 Å². The van der Waals surface area contributed by atoms with Gasteiger partial charge in [-0.2, -0.15) is 0 Å². The molecule has 3 nitrogen and oxygen atoms in total. The van der Waals surface area contributed by atoms with E-state index in [9.17, 15) is 8.78 Å². The second kappa shape index (κ2) is 8.00. The number of alkyl halides is 2. The van der Waals surface area contributed by atoms with E-state index in [2.05, 4.69) is 16.4 Å². The largest absolute Gasteiger partial charge is 0.375 e. The summed E-state index contributed by atoms with van der Waals surface area (Å²) in [6.07, 6.45) is 0.0169. The van der Waals surface area contributed by atoms with Crippen LogP contribution >= 0.6 is 0 Å². The molecule has 2 aromatic rings. The summed E-state index contributed by atoms with van der Waals surface area (Å²) >= 11 is 0. The highest BCUT2D eigenvalue weighted by Gasteiger charge is 2.11. The fourth-order valence-corrected chi connectivity index (χ4v) is 2.32. The molecule has 0 saturated carbocycles. The Morgan fingerprint density at radius 1 is 1.29 bits per heavy atom. The normalized spacial score (nSPS) is 13.0. The second-order valence-corrected chi connectivity index (χ2v) is 4.82. The standard InChI is InChI=1S/C16H20F2N2O/c1-2-19-15(7-9-21-11-16(17)18)13-5-6-14-12(10-13)4-3-8-20-14/h3-6,8,10,15-16,19H,2,7,9,11H2,1H3. The van der Waals surface area contributed by atoms with Gasteiger partial charge in [-0.3, -0.25) is 4.98 Å². The van der Waals surface area contributed by atoms with Crippen molar-refractivity contribution in [3.8, 4) is 0 Å². The van der Waals surface area contributed by atoms with Gasteiger partial charge in [-0.05, 0) is 36.7 Å². The van der Waals surface area contributed by atoms with Crippen molar-refractivity contribution in [2.45, 2.75) is 25.8 Å². The monoisotopic (exact) mass is 294 g/mol. The highest BCUT2D eigenvalue weighted by Crippen LogP contribution is 2.21. The lowest BCUT2D eigenvalue weighted by molar-refractivity contribution is 0.0144. The van der Waals surface area contributed by atoms with Crippen molar-refractivity contribution < 1.29 is 13.5 Å². The van der Waals surface area contributed by atoms with E-state index in [-0.39, 0.29) is 6.04 Å². The molecule has 0 spiro atoms. The molecule has 1 unspecified atom stereocenters. The van der Waals surface area contributed by atoms with E-state index in [1.165, 1.54) is 0 Å². The Balaban J connectivity index is 2.04. The molecule has 5 heteroatoms. The summed E-state index contributed by atoms with van der Waals surface area (Å²) in [6.45, 7) is 2.65. The molecular weight excluding hydrogens is 274 g/mol. The average Bonchev–Trinajstić information content (AvgIpc) is 2.49. The van der Waals surface area contributed by atoms with Crippen molar-refractivity contribution in [1.82, 2.24) is 10.3 Å². The summed E-state index contributed by atoms with van der Waals surface area (Å²) in [5.41, 5.74) is 2.07. The predicted molar refractivity (Wildman–Crippen MR) is 79.6 cm³/mol. The lowest BCUT2D eigenvalue weighted by Crippen LogP contribution is -2.22. The smallest absolute Gasteiger partial charge is 0.261 e. The summed E-state index contributed by atoms with van der Waals surface area (Å²) < 4.78 is 29.1. The number of hydrogen-bond donors (Lipinski definition) is 1. The van der Waals surface area contributed by atoms with Crippen LogP contribution in [0.2, 0.25) is 0 Å². The maximum atomic E-state index is 12.1. The van der Waals surface area contributed by atoms with Crippen LogP contribution in [0.3, 0.4) is 0 Å². The van der Waals surface area contributed by atoms with Crippen LogP contribution in [-0.4, -0.2) is 31.2 Å². The number of pyridine rings is 1. The zero-order valence-corrected chi connectivity index (χ0v) is 12.1. The van der Waals surface area contributed by atoms with E-state index >= 15 is 0 Å². The fourth-order valence-electron chi connectivity index (χ4n) is 2.32. The predicted octanol–water partition coefficient (Wildman–Crippen LogP) is 3.56. The Labute approximate surface area is 123 Å². The Morgan fingerprint density at radius 2 is 2.14 bits per heavy atom. The molecule has 21 heavy (non-hydrogen) atoms. The molecule has 0 aliphatic heterocycles. The summed E-state index contributed by atoms with van der Waals surface area (Å²) in [6, 6.07) is 10.1. The summed E-state index contributed by atoms with van der Waals surface area (Å²) in [4.78, 5) is 4.29. The molecule has 2 rings (SSSR count). The van der Waals surface area contributed by atoms with Crippen molar-refractivity contribution in [1.29, 1.82) is 0 Å². The Hall–Kier alpha value is -1.59. The molecule has 1 aromatic carbocycles. The van der Waals surface area contributed by atoms with Gasteiger partial charge in [-0.25, -0.2) is 8.78 Å². The second-order valence-electron chi connectivity index (χ2n) is 4.82. The highest BCUT2D eigenvalue weighted by atomic mass is 19.3. The third kappa shape index (κ3) is 4.72. The first kappa shape index (κ1) is 15.8. The van der Waals surface area contributed by atoms with Crippen molar-refractivity contribution in [3.05, 3.63) is 42.1 Å². The molecule has 0 saturated heterocycles. The van der Waals surface area contributed by atoms with Gasteiger partial charge < -0.3 is 10.1 Å². The van der Waals surface area contributed by atoms with Crippen molar-refractivity contribution >= 4 is 10.9 Å². The highest BCUT2D eigenvalue weighted by molar-refractivity contribution is 5.79. The molecule has 1 heterocycles. The van der Waals surface area contributed by atoms with Gasteiger partial charge in [0.2, 0.25) is 0 Å². The quantitative estimate of drug-likeness (QED) is 0.756. The maximum absolute atomic E-state index is 12.1. The van der Waals surface area contributed by atoms with Crippen LogP contribution in [-0.2, 0) is 4.74 Å². The number of fused-ring (bicyclic) bond motifs is 1. The molecule has 1 atom stereocenters. The Morgan fingerprint density at radius 3 is 2.90 bits per heavy atom. The molecule has 0 radical (unpaired) electrons. The number of halogens is 2. The third-order valence-corrected chi connectivity index (χ3v) is 3.27. The first-order valence-corrected chi connectivity index (χ1v) is 7.14. The van der Waals surface area contributed by atoms with Crippen LogP contribution in [0, 0.1) is 0 Å². The van der Waals surface area contributed by atoms with E-state index in [0.717, 1.165) is 23.0 Å². The zero-order valence-electron chi connectivity index (χ0n) is 12.1. The molecular formula is C16H20F2N2O. The summed E-state index contributed by atoms with van der Waals surface area (Å²) in [5, 5.41) is 4.44. The molecule has 0 amide bonds. The van der Waals surface area contributed by atoms with E-state index < -0.39 is 13.0 Å². The third-order valence-electron chi connectivity index (χ3n) is 3.27. The Bertz CT molecular complexity index is 563. The lowest BCUT2D eigenvalue weighted by Gasteiger charge is -2.19.